The fraction of sp³-hybridized carbons (Fsp3) is 0.455. The Morgan fingerprint density at radius 2 is 2.06 bits per heavy atom. The quantitative estimate of drug-likeness (QED) is 0.638. The summed E-state index contributed by atoms with van der Waals surface area (Å²) in [7, 11) is 0. The summed E-state index contributed by atoms with van der Waals surface area (Å²) in [5, 5.41) is 11.2. The number of hydrogen-bond donors (Lipinski definition) is 1. The summed E-state index contributed by atoms with van der Waals surface area (Å²) in [6.07, 6.45) is 0. The lowest BCUT2D eigenvalue weighted by Gasteiger charge is -2.05. The van der Waals surface area contributed by atoms with Gasteiger partial charge in [-0.1, -0.05) is 25.4 Å². The predicted octanol–water partition coefficient (Wildman–Crippen LogP) is 2.70. The Hall–Kier alpha value is -1.13. The van der Waals surface area contributed by atoms with Gasteiger partial charge in [-0.3, -0.25) is 10.1 Å². The van der Waals surface area contributed by atoms with Gasteiger partial charge in [0.2, 0.25) is 0 Å². The minimum Gasteiger partial charge on any atom is -0.327 e. The van der Waals surface area contributed by atoms with Crippen LogP contribution in [0.2, 0.25) is 5.02 Å². The molecule has 0 heterocycles. The molecule has 0 saturated heterocycles. The average Bonchev–Trinajstić information content (AvgIpc) is 2.67. The number of benzene rings is 1. The average molecular weight is 241 g/mol. The molecule has 0 amide bonds. The molecule has 5 heteroatoms. The molecule has 2 atom stereocenters. The first-order valence-corrected chi connectivity index (χ1v) is 5.43. The lowest BCUT2D eigenvalue weighted by molar-refractivity contribution is -0.384. The van der Waals surface area contributed by atoms with Gasteiger partial charge in [0.25, 0.3) is 5.69 Å². The van der Waals surface area contributed by atoms with Crippen molar-refractivity contribution in [3.63, 3.8) is 0 Å². The van der Waals surface area contributed by atoms with E-state index in [1.807, 2.05) is 13.8 Å². The van der Waals surface area contributed by atoms with Crippen molar-refractivity contribution in [2.75, 3.05) is 0 Å². The molecule has 0 radical (unpaired) electrons. The standard InChI is InChI=1S/C11H13ClN2O2/c1-11(2)9(10(11)13)7-5-6(14(15)16)3-4-8(7)12/h3-5,9-10H,13H2,1-2H3. The molecule has 1 fully saturated rings. The van der Waals surface area contributed by atoms with Crippen LogP contribution in [0.1, 0.15) is 25.3 Å². The van der Waals surface area contributed by atoms with Gasteiger partial charge in [0.15, 0.2) is 0 Å². The Kier molecular flexibility index (Phi) is 2.44. The van der Waals surface area contributed by atoms with Gasteiger partial charge in [0.1, 0.15) is 0 Å². The van der Waals surface area contributed by atoms with Gasteiger partial charge >= 0.3 is 0 Å². The van der Waals surface area contributed by atoms with E-state index in [0.717, 1.165) is 5.56 Å². The molecule has 1 aromatic rings. The third kappa shape index (κ3) is 1.58. The second-order valence-corrected chi connectivity index (χ2v) is 5.19. The highest BCUT2D eigenvalue weighted by Crippen LogP contribution is 2.58. The highest BCUT2D eigenvalue weighted by atomic mass is 35.5. The number of nitrogens with two attached hydrogens (primary N) is 1. The molecule has 1 aliphatic rings. The molecule has 0 bridgehead atoms. The van der Waals surface area contributed by atoms with Gasteiger partial charge in [-0.15, -0.1) is 0 Å². The smallest absolute Gasteiger partial charge is 0.269 e. The van der Waals surface area contributed by atoms with Gasteiger partial charge in [0, 0.05) is 29.1 Å². The van der Waals surface area contributed by atoms with Crippen LogP contribution in [0.4, 0.5) is 5.69 Å². The number of halogens is 1. The number of hydrogen-bond acceptors (Lipinski definition) is 3. The van der Waals surface area contributed by atoms with E-state index in [4.69, 9.17) is 17.3 Å². The maximum absolute atomic E-state index is 10.7. The Balaban J connectivity index is 2.42. The minimum absolute atomic E-state index is 0.0204. The summed E-state index contributed by atoms with van der Waals surface area (Å²) in [6, 6.07) is 4.52. The molecule has 0 aliphatic heterocycles. The zero-order valence-corrected chi connectivity index (χ0v) is 9.86. The predicted molar refractivity (Wildman–Crippen MR) is 62.6 cm³/mol. The molecule has 2 rings (SSSR count). The van der Waals surface area contributed by atoms with Gasteiger partial charge in [-0.05, 0) is 17.0 Å². The summed E-state index contributed by atoms with van der Waals surface area (Å²) in [5.41, 5.74) is 6.76. The minimum atomic E-state index is -0.416. The van der Waals surface area contributed by atoms with Gasteiger partial charge < -0.3 is 5.73 Å². The lowest BCUT2D eigenvalue weighted by Crippen LogP contribution is -2.06. The Labute approximate surface area is 98.5 Å². The molecule has 1 aliphatic carbocycles. The van der Waals surface area contributed by atoms with Crippen LogP contribution in [0.15, 0.2) is 18.2 Å². The monoisotopic (exact) mass is 240 g/mol. The molecular formula is C11H13ClN2O2. The van der Waals surface area contributed by atoms with Gasteiger partial charge in [0.05, 0.1) is 4.92 Å². The van der Waals surface area contributed by atoms with Crippen LogP contribution in [-0.4, -0.2) is 11.0 Å². The second-order valence-electron chi connectivity index (χ2n) is 4.79. The van der Waals surface area contributed by atoms with Crippen LogP contribution < -0.4 is 5.73 Å². The van der Waals surface area contributed by atoms with E-state index < -0.39 is 4.92 Å². The van der Waals surface area contributed by atoms with Crippen LogP contribution in [-0.2, 0) is 0 Å². The number of nitrogens with zero attached hydrogens (tertiary/aromatic N) is 1. The van der Waals surface area contributed by atoms with Crippen LogP contribution in [0.3, 0.4) is 0 Å². The van der Waals surface area contributed by atoms with E-state index in [9.17, 15) is 10.1 Å². The van der Waals surface area contributed by atoms with Crippen molar-refractivity contribution in [1.29, 1.82) is 0 Å². The van der Waals surface area contributed by atoms with Gasteiger partial charge in [-0.25, -0.2) is 0 Å². The molecule has 2 unspecified atom stereocenters. The van der Waals surface area contributed by atoms with E-state index >= 15 is 0 Å². The topological polar surface area (TPSA) is 69.2 Å². The Morgan fingerprint density at radius 1 is 1.50 bits per heavy atom. The number of non-ortho nitro benzene ring substituents is 1. The molecule has 2 N–H and O–H groups in total. The third-order valence-corrected chi connectivity index (χ3v) is 3.78. The normalized spacial score (nSPS) is 26.5. The molecule has 0 aromatic heterocycles. The molecule has 1 aromatic carbocycles. The Morgan fingerprint density at radius 3 is 2.50 bits per heavy atom. The maximum atomic E-state index is 10.7. The molecule has 0 spiro atoms. The number of rotatable bonds is 2. The first kappa shape index (κ1) is 11.4. The first-order chi connectivity index (χ1) is 7.35. The lowest BCUT2D eigenvalue weighted by atomic mass is 10.0. The van der Waals surface area contributed by atoms with E-state index in [2.05, 4.69) is 0 Å². The molecule has 1 saturated carbocycles. The highest BCUT2D eigenvalue weighted by molar-refractivity contribution is 6.31. The summed E-state index contributed by atoms with van der Waals surface area (Å²) in [6.45, 7) is 4.08. The second kappa shape index (κ2) is 3.43. The van der Waals surface area contributed by atoms with Crippen molar-refractivity contribution < 1.29 is 4.92 Å². The summed E-state index contributed by atoms with van der Waals surface area (Å²) >= 11 is 6.05. The van der Waals surface area contributed by atoms with Crippen molar-refractivity contribution in [3.8, 4) is 0 Å². The fourth-order valence-electron chi connectivity index (χ4n) is 2.15. The van der Waals surface area contributed by atoms with Crippen LogP contribution >= 0.6 is 11.6 Å². The van der Waals surface area contributed by atoms with Crippen molar-refractivity contribution in [3.05, 3.63) is 38.9 Å². The van der Waals surface area contributed by atoms with Crippen molar-refractivity contribution in [2.24, 2.45) is 11.1 Å². The highest BCUT2D eigenvalue weighted by Gasteiger charge is 2.57. The van der Waals surface area contributed by atoms with Crippen LogP contribution in [0.5, 0.6) is 0 Å². The SMILES string of the molecule is CC1(C)C(N)C1c1cc([N+](=O)[O-])ccc1Cl. The van der Waals surface area contributed by atoms with E-state index in [0.29, 0.717) is 5.02 Å². The first-order valence-electron chi connectivity index (χ1n) is 5.05. The van der Waals surface area contributed by atoms with E-state index in [1.165, 1.54) is 12.1 Å². The molecule has 86 valence electrons. The van der Waals surface area contributed by atoms with Crippen molar-refractivity contribution in [2.45, 2.75) is 25.8 Å². The largest absolute Gasteiger partial charge is 0.327 e. The van der Waals surface area contributed by atoms with E-state index in [-0.39, 0.29) is 23.1 Å². The summed E-state index contributed by atoms with van der Waals surface area (Å²) in [4.78, 5) is 10.3. The van der Waals surface area contributed by atoms with Crippen LogP contribution in [0, 0.1) is 15.5 Å². The van der Waals surface area contributed by atoms with Crippen molar-refractivity contribution >= 4 is 17.3 Å². The summed E-state index contributed by atoms with van der Waals surface area (Å²) < 4.78 is 0. The number of nitro groups is 1. The molecular weight excluding hydrogens is 228 g/mol. The zero-order chi connectivity index (χ0) is 12.1. The van der Waals surface area contributed by atoms with Crippen LogP contribution in [0.25, 0.3) is 0 Å². The third-order valence-electron chi connectivity index (χ3n) is 3.44. The summed E-state index contributed by atoms with van der Waals surface area (Å²) in [5.74, 6) is 0.111. The number of nitro benzene ring substituents is 1. The fourth-order valence-corrected chi connectivity index (χ4v) is 2.39. The zero-order valence-electron chi connectivity index (χ0n) is 9.11. The molecule has 4 nitrogen and oxygen atoms in total. The maximum Gasteiger partial charge on any atom is 0.269 e. The molecule has 16 heavy (non-hydrogen) atoms. The van der Waals surface area contributed by atoms with Gasteiger partial charge in [-0.2, -0.15) is 0 Å². The van der Waals surface area contributed by atoms with E-state index in [1.54, 1.807) is 6.07 Å². The van der Waals surface area contributed by atoms with Crippen molar-refractivity contribution in [1.82, 2.24) is 0 Å². The Bertz CT molecular complexity index is 459.